The van der Waals surface area contributed by atoms with Crippen molar-refractivity contribution in [2.75, 3.05) is 0 Å². The van der Waals surface area contributed by atoms with Crippen molar-refractivity contribution < 1.29 is 14.6 Å². The number of hydrogen-bond donors (Lipinski definition) is 1. The highest BCUT2D eigenvalue weighted by molar-refractivity contribution is 7.21. The van der Waals surface area contributed by atoms with Gasteiger partial charge in [0.05, 0.1) is 4.70 Å². The van der Waals surface area contributed by atoms with E-state index in [1.807, 2.05) is 0 Å². The molecule has 0 atom stereocenters. The lowest BCUT2D eigenvalue weighted by Crippen LogP contribution is -1.89. The Morgan fingerprint density at radius 3 is 2.70 bits per heavy atom. The molecule has 3 rings (SSSR count). The van der Waals surface area contributed by atoms with Gasteiger partial charge in [0.25, 0.3) is 0 Å². The summed E-state index contributed by atoms with van der Waals surface area (Å²) < 4.78 is 6.40. The Morgan fingerprint density at radius 1 is 1.25 bits per heavy atom. The number of carboxylic acids is 1. The van der Waals surface area contributed by atoms with E-state index in [9.17, 15) is 4.79 Å². The number of rotatable bonds is 3. The van der Waals surface area contributed by atoms with Crippen molar-refractivity contribution in [1.29, 1.82) is 0 Å². The van der Waals surface area contributed by atoms with E-state index in [1.165, 1.54) is 0 Å². The van der Waals surface area contributed by atoms with E-state index in [0.717, 1.165) is 16.7 Å². The Morgan fingerprint density at radius 2 is 2.00 bits per heavy atom. The van der Waals surface area contributed by atoms with E-state index < -0.39 is 5.97 Å². The van der Waals surface area contributed by atoms with E-state index >= 15 is 0 Å². The van der Waals surface area contributed by atoms with E-state index in [1.54, 1.807) is 42.6 Å². The van der Waals surface area contributed by atoms with Crippen LogP contribution in [0.3, 0.4) is 0 Å². The van der Waals surface area contributed by atoms with Crippen LogP contribution in [0.1, 0.15) is 9.67 Å². The minimum atomic E-state index is -0.955. The first kappa shape index (κ1) is 12.9. The molecule has 0 spiro atoms. The van der Waals surface area contributed by atoms with Crippen LogP contribution in [0.2, 0.25) is 5.02 Å². The van der Waals surface area contributed by atoms with Crippen LogP contribution in [0.25, 0.3) is 10.1 Å². The minimum absolute atomic E-state index is 0.258. The topological polar surface area (TPSA) is 59.4 Å². The molecular formula is C14H8ClNO3S. The van der Waals surface area contributed by atoms with Crippen molar-refractivity contribution in [3.8, 4) is 11.6 Å². The summed E-state index contributed by atoms with van der Waals surface area (Å²) in [5.74, 6) is 0.0330. The Bertz CT molecular complexity index is 783. The molecule has 3 aromatic rings. The molecule has 0 aliphatic carbocycles. The smallest absolute Gasteiger partial charge is 0.345 e. The number of halogens is 1. The van der Waals surface area contributed by atoms with Crippen LogP contribution in [0.4, 0.5) is 0 Å². The maximum absolute atomic E-state index is 11.0. The lowest BCUT2D eigenvalue weighted by atomic mass is 10.3. The van der Waals surface area contributed by atoms with E-state index in [-0.39, 0.29) is 4.88 Å². The first-order chi connectivity index (χ1) is 9.63. The zero-order chi connectivity index (χ0) is 14.1. The monoisotopic (exact) mass is 305 g/mol. The van der Waals surface area contributed by atoms with Crippen molar-refractivity contribution >= 4 is 39.0 Å². The summed E-state index contributed by atoms with van der Waals surface area (Å²) in [6.45, 7) is 0. The number of ether oxygens (including phenoxy) is 1. The molecule has 0 amide bonds. The summed E-state index contributed by atoms with van der Waals surface area (Å²) in [7, 11) is 0. The van der Waals surface area contributed by atoms with Crippen LogP contribution in [-0.4, -0.2) is 16.1 Å². The normalized spacial score (nSPS) is 10.7. The molecule has 0 saturated heterocycles. The van der Waals surface area contributed by atoms with Gasteiger partial charge >= 0.3 is 5.97 Å². The number of carbonyl (C=O) groups is 1. The molecule has 0 aliphatic rings. The third-order valence-electron chi connectivity index (χ3n) is 2.64. The van der Waals surface area contributed by atoms with Gasteiger partial charge in [-0.1, -0.05) is 11.6 Å². The fraction of sp³-hybridized carbons (Fsp3) is 0. The van der Waals surface area contributed by atoms with Crippen LogP contribution in [0.5, 0.6) is 11.6 Å². The van der Waals surface area contributed by atoms with Crippen LogP contribution < -0.4 is 4.74 Å². The molecule has 2 heterocycles. The number of benzene rings is 1. The second-order valence-electron chi connectivity index (χ2n) is 4.01. The number of pyridine rings is 1. The molecule has 0 unspecified atom stereocenters. The van der Waals surface area contributed by atoms with E-state index in [2.05, 4.69) is 4.98 Å². The first-order valence-electron chi connectivity index (χ1n) is 5.69. The summed E-state index contributed by atoms with van der Waals surface area (Å²) in [5, 5.41) is 10.4. The number of hydrogen-bond acceptors (Lipinski definition) is 4. The summed E-state index contributed by atoms with van der Waals surface area (Å²) in [6.07, 6.45) is 1.59. The lowest BCUT2D eigenvalue weighted by Gasteiger charge is -2.05. The van der Waals surface area contributed by atoms with Crippen LogP contribution in [0, 0.1) is 0 Å². The van der Waals surface area contributed by atoms with Gasteiger partial charge in [-0.3, -0.25) is 0 Å². The molecule has 6 heteroatoms. The molecule has 0 radical (unpaired) electrons. The van der Waals surface area contributed by atoms with Crippen LogP contribution in [-0.2, 0) is 0 Å². The fourth-order valence-electron chi connectivity index (χ4n) is 1.73. The molecule has 20 heavy (non-hydrogen) atoms. The van der Waals surface area contributed by atoms with Crippen molar-refractivity contribution in [3.05, 3.63) is 52.5 Å². The maximum Gasteiger partial charge on any atom is 0.345 e. The van der Waals surface area contributed by atoms with Crippen molar-refractivity contribution in [2.24, 2.45) is 0 Å². The Labute approximate surface area is 123 Å². The van der Waals surface area contributed by atoms with Crippen molar-refractivity contribution in [3.63, 3.8) is 0 Å². The van der Waals surface area contributed by atoms with Gasteiger partial charge in [0.2, 0.25) is 5.88 Å². The molecule has 1 aromatic carbocycles. The largest absolute Gasteiger partial charge is 0.477 e. The Hall–Kier alpha value is -2.11. The number of nitrogens with zero attached hydrogens (tertiary/aromatic N) is 1. The second kappa shape index (κ2) is 5.11. The summed E-state index contributed by atoms with van der Waals surface area (Å²) in [6, 6.07) is 10.3. The highest BCUT2D eigenvalue weighted by Crippen LogP contribution is 2.34. The third-order valence-corrected chi connectivity index (χ3v) is 4.02. The molecule has 0 bridgehead atoms. The van der Waals surface area contributed by atoms with Gasteiger partial charge in [-0.05, 0) is 36.4 Å². The molecule has 2 aromatic heterocycles. The summed E-state index contributed by atoms with van der Waals surface area (Å²) in [4.78, 5) is 15.4. The van der Waals surface area contributed by atoms with Gasteiger partial charge in [0.1, 0.15) is 10.6 Å². The Kier molecular flexibility index (Phi) is 3.30. The standard InChI is InChI=1S/C14H8ClNO3S/c15-9-1-3-10(4-2-9)19-13-12-8(5-6-16-13)7-11(20-12)14(17)18/h1-7H,(H,17,18). The number of aromatic nitrogens is 1. The molecule has 0 fully saturated rings. The summed E-state index contributed by atoms with van der Waals surface area (Å²) in [5.41, 5.74) is 0. The van der Waals surface area contributed by atoms with Gasteiger partial charge in [-0.25, -0.2) is 9.78 Å². The van der Waals surface area contributed by atoms with E-state index in [4.69, 9.17) is 21.4 Å². The molecular weight excluding hydrogens is 298 g/mol. The second-order valence-corrected chi connectivity index (χ2v) is 5.49. The predicted molar refractivity (Wildman–Crippen MR) is 78.1 cm³/mol. The average molecular weight is 306 g/mol. The quantitative estimate of drug-likeness (QED) is 0.777. The molecule has 100 valence electrons. The number of thiophene rings is 1. The highest BCUT2D eigenvalue weighted by atomic mass is 35.5. The zero-order valence-electron chi connectivity index (χ0n) is 10.0. The molecule has 0 saturated carbocycles. The van der Waals surface area contributed by atoms with Gasteiger partial charge in [-0.2, -0.15) is 0 Å². The first-order valence-corrected chi connectivity index (χ1v) is 6.88. The van der Waals surface area contributed by atoms with Gasteiger partial charge in [-0.15, -0.1) is 11.3 Å². The molecule has 0 aliphatic heterocycles. The Balaban J connectivity index is 2.02. The van der Waals surface area contributed by atoms with Crippen molar-refractivity contribution in [1.82, 2.24) is 4.98 Å². The lowest BCUT2D eigenvalue weighted by molar-refractivity contribution is 0.0702. The predicted octanol–water partition coefficient (Wildman–Crippen LogP) is 4.44. The fourth-order valence-corrected chi connectivity index (χ4v) is 2.78. The maximum atomic E-state index is 11.0. The van der Waals surface area contributed by atoms with Crippen molar-refractivity contribution in [2.45, 2.75) is 0 Å². The number of fused-ring (bicyclic) bond motifs is 1. The van der Waals surface area contributed by atoms with Gasteiger partial charge in [0.15, 0.2) is 0 Å². The summed E-state index contributed by atoms with van der Waals surface area (Å²) >= 11 is 6.95. The van der Waals surface area contributed by atoms with E-state index in [0.29, 0.717) is 21.4 Å². The number of carboxylic acid groups (broad SMARTS) is 1. The van der Waals surface area contributed by atoms with Gasteiger partial charge in [0, 0.05) is 16.6 Å². The minimum Gasteiger partial charge on any atom is -0.477 e. The average Bonchev–Trinajstić information content (AvgIpc) is 2.87. The van der Waals surface area contributed by atoms with Gasteiger partial charge < -0.3 is 9.84 Å². The van der Waals surface area contributed by atoms with Crippen LogP contribution in [0.15, 0.2) is 42.6 Å². The van der Waals surface area contributed by atoms with Crippen LogP contribution >= 0.6 is 22.9 Å². The molecule has 1 N–H and O–H groups in total. The highest BCUT2D eigenvalue weighted by Gasteiger charge is 2.13. The number of aromatic carboxylic acids is 1. The zero-order valence-corrected chi connectivity index (χ0v) is 11.6. The third kappa shape index (κ3) is 2.45. The molecule has 4 nitrogen and oxygen atoms in total. The SMILES string of the molecule is O=C(O)c1cc2ccnc(Oc3ccc(Cl)cc3)c2s1.